The number of amides is 1. The lowest BCUT2D eigenvalue weighted by atomic mass is 9.97. The van der Waals surface area contributed by atoms with Gasteiger partial charge in [-0.25, -0.2) is 9.37 Å². The van der Waals surface area contributed by atoms with Crippen LogP contribution in [-0.4, -0.2) is 45.9 Å². The number of hydrogen-bond donors (Lipinski definition) is 1. The number of halogens is 4. The number of ether oxygens (including phenoxy) is 2. The van der Waals surface area contributed by atoms with Gasteiger partial charge in [-0.2, -0.15) is 13.2 Å². The molecule has 0 fully saturated rings. The molecule has 206 valence electrons. The zero-order chi connectivity index (χ0) is 28.3. The van der Waals surface area contributed by atoms with Gasteiger partial charge in [0.25, 0.3) is 0 Å². The van der Waals surface area contributed by atoms with E-state index in [-0.39, 0.29) is 36.8 Å². The molecule has 3 aromatic carbocycles. The van der Waals surface area contributed by atoms with Gasteiger partial charge in [0.05, 0.1) is 35.8 Å². The second kappa shape index (κ2) is 9.25. The van der Waals surface area contributed by atoms with Crippen molar-refractivity contribution < 1.29 is 41.7 Å². The number of aryl methyl sites for hydroxylation is 1. The number of benzene rings is 3. The lowest BCUT2D eigenvalue weighted by Crippen LogP contribution is -2.44. The third-order valence-corrected chi connectivity index (χ3v) is 7.14. The molecule has 40 heavy (non-hydrogen) atoms. The zero-order valence-electron chi connectivity index (χ0n) is 20.9. The largest absolute Gasteiger partial charge is 0.493 e. The Balaban J connectivity index is 1.45. The maximum Gasteiger partial charge on any atom is 0.471 e. The second-order valence-corrected chi connectivity index (χ2v) is 9.65. The number of aromatic nitrogens is 2. The monoisotopic (exact) mass is 555 g/mol. The highest BCUT2D eigenvalue weighted by Gasteiger charge is 2.48. The molecule has 12 heteroatoms. The number of fused-ring (bicyclic) bond motifs is 3. The molecule has 1 aromatic heterocycles. The first-order valence-corrected chi connectivity index (χ1v) is 12.3. The first-order valence-electron chi connectivity index (χ1n) is 12.3. The van der Waals surface area contributed by atoms with E-state index in [1.807, 2.05) is 0 Å². The predicted molar refractivity (Wildman–Crippen MR) is 134 cm³/mol. The van der Waals surface area contributed by atoms with Crippen LogP contribution in [0.15, 0.2) is 54.6 Å². The van der Waals surface area contributed by atoms with Crippen LogP contribution in [-0.2, 0) is 9.59 Å². The zero-order valence-corrected chi connectivity index (χ0v) is 20.9. The van der Waals surface area contributed by atoms with Crippen molar-refractivity contribution in [3.05, 3.63) is 77.4 Å². The summed E-state index contributed by atoms with van der Waals surface area (Å²) in [6.07, 6.45) is -5.39. The molecule has 8 nitrogen and oxygen atoms in total. The Bertz CT molecular complexity index is 1680. The lowest BCUT2D eigenvalue weighted by Gasteiger charge is -2.29. The Morgan fingerprint density at radius 2 is 1.88 bits per heavy atom. The van der Waals surface area contributed by atoms with Gasteiger partial charge in [-0.3, -0.25) is 19.1 Å². The number of hydrogen-bond acceptors (Lipinski definition) is 5. The van der Waals surface area contributed by atoms with Crippen molar-refractivity contribution >= 4 is 28.6 Å². The van der Waals surface area contributed by atoms with Crippen molar-refractivity contribution in [3.8, 4) is 17.2 Å². The molecule has 0 bridgehead atoms. The van der Waals surface area contributed by atoms with Gasteiger partial charge < -0.3 is 14.6 Å². The summed E-state index contributed by atoms with van der Waals surface area (Å²) in [4.78, 5) is 29.1. The summed E-state index contributed by atoms with van der Waals surface area (Å²) in [6, 6.07) is 12.0. The summed E-state index contributed by atoms with van der Waals surface area (Å²) in [5.41, 5.74) is 2.23. The number of para-hydroxylation sites is 1. The standard InChI is InChI=1S/C28H21F4N3O5/c1-14-33-20-8-5-16(29)10-22(20)34(14)21-4-2-3-19-23(13-40-26(19)21)35(27(38)28(30,31)32)17-6-7-18-15(9-25(36)37)12-39-24(18)11-17/h2-8,10-11,15,23H,9,12-13H2,1H3,(H,36,37)/t15-,23?/m1/s1. The van der Waals surface area contributed by atoms with Gasteiger partial charge in [-0.15, -0.1) is 0 Å². The van der Waals surface area contributed by atoms with Crippen molar-refractivity contribution in [1.82, 2.24) is 9.55 Å². The highest BCUT2D eigenvalue weighted by atomic mass is 19.4. The topological polar surface area (TPSA) is 93.9 Å². The minimum atomic E-state index is -5.19. The Morgan fingerprint density at radius 1 is 1.07 bits per heavy atom. The predicted octanol–water partition coefficient (Wildman–Crippen LogP) is 5.45. The van der Waals surface area contributed by atoms with E-state index in [0.29, 0.717) is 38.6 Å². The summed E-state index contributed by atoms with van der Waals surface area (Å²) in [7, 11) is 0. The fourth-order valence-corrected chi connectivity index (χ4v) is 5.45. The van der Waals surface area contributed by atoms with Crippen LogP contribution < -0.4 is 14.4 Å². The van der Waals surface area contributed by atoms with Crippen LogP contribution >= 0.6 is 0 Å². The number of nitrogens with zero attached hydrogens (tertiary/aromatic N) is 3. The minimum Gasteiger partial charge on any atom is -0.493 e. The number of rotatable bonds is 5. The van der Waals surface area contributed by atoms with Crippen LogP contribution in [0.3, 0.4) is 0 Å². The van der Waals surface area contributed by atoms with E-state index in [2.05, 4.69) is 4.98 Å². The molecule has 0 aliphatic carbocycles. The van der Waals surface area contributed by atoms with Gasteiger partial charge in [0, 0.05) is 34.9 Å². The molecule has 3 heterocycles. The summed E-state index contributed by atoms with van der Waals surface area (Å²) >= 11 is 0. The summed E-state index contributed by atoms with van der Waals surface area (Å²) in [5, 5.41) is 9.15. The number of carbonyl (C=O) groups excluding carboxylic acids is 1. The van der Waals surface area contributed by atoms with Crippen LogP contribution in [0.25, 0.3) is 16.7 Å². The molecule has 6 rings (SSSR count). The minimum absolute atomic E-state index is 0.0653. The van der Waals surface area contributed by atoms with Gasteiger partial charge >= 0.3 is 18.1 Å². The third kappa shape index (κ3) is 4.19. The fourth-order valence-electron chi connectivity index (χ4n) is 5.45. The molecule has 2 aliphatic heterocycles. The number of anilines is 1. The molecule has 0 saturated heterocycles. The van der Waals surface area contributed by atoms with Gasteiger partial charge in [0.15, 0.2) is 0 Å². The van der Waals surface area contributed by atoms with Gasteiger partial charge in [-0.05, 0) is 31.2 Å². The van der Waals surface area contributed by atoms with Crippen LogP contribution in [0.1, 0.15) is 35.3 Å². The number of aliphatic carboxylic acids is 1. The van der Waals surface area contributed by atoms with E-state index in [4.69, 9.17) is 14.6 Å². The molecule has 0 radical (unpaired) electrons. The van der Waals surface area contributed by atoms with E-state index in [1.165, 1.54) is 36.4 Å². The maximum absolute atomic E-state index is 14.1. The van der Waals surface area contributed by atoms with Crippen molar-refractivity contribution in [1.29, 1.82) is 0 Å². The SMILES string of the molecule is Cc1nc2ccc(F)cc2n1-c1cccc2c1OCC2N(C(=O)C(F)(F)F)c1ccc2c(c1)OC[C@H]2CC(=O)O. The van der Waals surface area contributed by atoms with Crippen LogP contribution in [0, 0.1) is 12.7 Å². The van der Waals surface area contributed by atoms with Gasteiger partial charge in [0.2, 0.25) is 0 Å². The molecule has 1 amide bonds. The summed E-state index contributed by atoms with van der Waals surface area (Å²) in [6.45, 7) is 1.51. The van der Waals surface area contributed by atoms with Crippen molar-refractivity contribution in [3.63, 3.8) is 0 Å². The first kappa shape index (κ1) is 25.7. The quantitative estimate of drug-likeness (QED) is 0.329. The lowest BCUT2D eigenvalue weighted by molar-refractivity contribution is -0.171. The molecule has 0 spiro atoms. The highest BCUT2D eigenvalue weighted by molar-refractivity contribution is 5.98. The maximum atomic E-state index is 14.1. The van der Waals surface area contributed by atoms with Crippen LogP contribution in [0.2, 0.25) is 0 Å². The van der Waals surface area contributed by atoms with Gasteiger partial charge in [0.1, 0.15) is 29.7 Å². The van der Waals surface area contributed by atoms with Crippen LogP contribution in [0.4, 0.5) is 23.2 Å². The summed E-state index contributed by atoms with van der Waals surface area (Å²) in [5.74, 6) is -3.08. The number of imidazole rings is 1. The van der Waals surface area contributed by atoms with Crippen molar-refractivity contribution in [2.45, 2.75) is 31.5 Å². The van der Waals surface area contributed by atoms with Crippen molar-refractivity contribution in [2.24, 2.45) is 0 Å². The normalized spacial score (nSPS) is 17.7. The van der Waals surface area contributed by atoms with Gasteiger partial charge in [-0.1, -0.05) is 18.2 Å². The Labute approximate surface area is 224 Å². The average molecular weight is 555 g/mol. The van der Waals surface area contributed by atoms with Crippen molar-refractivity contribution in [2.75, 3.05) is 18.1 Å². The molecular formula is C28H21F4N3O5. The molecule has 1 N–H and O–H groups in total. The molecule has 0 saturated carbocycles. The second-order valence-electron chi connectivity index (χ2n) is 9.65. The summed E-state index contributed by atoms with van der Waals surface area (Å²) < 4.78 is 68.9. The highest BCUT2D eigenvalue weighted by Crippen LogP contribution is 2.46. The average Bonchev–Trinajstić information content (AvgIpc) is 3.58. The molecule has 1 unspecified atom stereocenters. The molecule has 2 atom stereocenters. The Hall–Kier alpha value is -4.61. The fraction of sp³-hybridized carbons (Fsp3) is 0.250. The third-order valence-electron chi connectivity index (χ3n) is 7.14. The number of carbonyl (C=O) groups is 2. The smallest absolute Gasteiger partial charge is 0.471 e. The molecular weight excluding hydrogens is 534 g/mol. The van der Waals surface area contributed by atoms with E-state index >= 15 is 0 Å². The number of alkyl halides is 3. The molecule has 4 aromatic rings. The van der Waals surface area contributed by atoms with E-state index in [9.17, 15) is 27.2 Å². The van der Waals surface area contributed by atoms with E-state index in [0.717, 1.165) is 0 Å². The number of carboxylic acid groups (broad SMARTS) is 1. The first-order chi connectivity index (χ1) is 19.0. The molecule has 2 aliphatic rings. The van der Waals surface area contributed by atoms with Crippen LogP contribution in [0.5, 0.6) is 11.5 Å². The Morgan fingerprint density at radius 3 is 2.62 bits per heavy atom. The number of carboxylic acids is 1. The van der Waals surface area contributed by atoms with E-state index in [1.54, 1.807) is 29.7 Å². The van der Waals surface area contributed by atoms with E-state index < -0.39 is 35.8 Å². The Kier molecular flexibility index (Phi) is 5.93.